The molecule has 0 bridgehead atoms. The zero-order chi connectivity index (χ0) is 19.7. The van der Waals surface area contributed by atoms with Gasteiger partial charge in [0.1, 0.15) is 13.1 Å². The monoisotopic (exact) mass is 371 g/mol. The Morgan fingerprint density at radius 2 is 1.67 bits per heavy atom. The fraction of sp³-hybridized carbons (Fsp3) is 0.571. The minimum Gasteiger partial charge on any atom is -0.347 e. The van der Waals surface area contributed by atoms with Gasteiger partial charge in [0.25, 0.3) is 5.91 Å². The van der Waals surface area contributed by atoms with Crippen molar-refractivity contribution in [2.24, 2.45) is 5.92 Å². The van der Waals surface area contributed by atoms with E-state index in [9.17, 15) is 14.4 Å². The Morgan fingerprint density at radius 3 is 2.19 bits per heavy atom. The number of hydrogen-bond acceptors (Lipinski definition) is 3. The first-order valence-corrected chi connectivity index (χ1v) is 9.78. The summed E-state index contributed by atoms with van der Waals surface area (Å²) in [7, 11) is 0. The van der Waals surface area contributed by atoms with E-state index >= 15 is 0 Å². The highest BCUT2D eigenvalue weighted by Crippen LogP contribution is 2.30. The maximum absolute atomic E-state index is 12.6. The Bertz CT molecular complexity index is 723. The van der Waals surface area contributed by atoms with E-state index in [1.54, 1.807) is 4.90 Å². The molecule has 1 saturated carbocycles. The van der Waals surface area contributed by atoms with Crippen molar-refractivity contribution in [3.05, 3.63) is 35.4 Å². The highest BCUT2D eigenvalue weighted by atomic mass is 16.2. The summed E-state index contributed by atoms with van der Waals surface area (Å²) in [4.78, 5) is 39.7. The highest BCUT2D eigenvalue weighted by molar-refractivity contribution is 6.04. The molecular weight excluding hydrogens is 342 g/mol. The van der Waals surface area contributed by atoms with E-state index in [1.807, 2.05) is 26.0 Å². The lowest BCUT2D eigenvalue weighted by Gasteiger charge is -2.24. The lowest BCUT2D eigenvalue weighted by molar-refractivity contribution is -0.131. The molecule has 2 fully saturated rings. The van der Waals surface area contributed by atoms with Crippen LogP contribution < -0.4 is 5.32 Å². The van der Waals surface area contributed by atoms with E-state index in [-0.39, 0.29) is 48.9 Å². The van der Waals surface area contributed by atoms with Gasteiger partial charge < -0.3 is 10.2 Å². The Morgan fingerprint density at radius 1 is 1.07 bits per heavy atom. The van der Waals surface area contributed by atoms with Crippen LogP contribution in [0, 0.1) is 5.92 Å². The zero-order valence-electron chi connectivity index (χ0n) is 16.6. The molecule has 1 aromatic rings. The van der Waals surface area contributed by atoms with Crippen LogP contribution in [0.2, 0.25) is 0 Å². The zero-order valence-corrected chi connectivity index (χ0v) is 16.6. The second kappa shape index (κ2) is 7.71. The number of benzene rings is 1. The molecule has 2 aliphatic rings. The first-order chi connectivity index (χ1) is 12.8. The van der Waals surface area contributed by atoms with Gasteiger partial charge in [0.05, 0.1) is 6.04 Å². The maximum atomic E-state index is 12.6. The van der Waals surface area contributed by atoms with Crippen molar-refractivity contribution in [3.63, 3.8) is 0 Å². The van der Waals surface area contributed by atoms with Crippen LogP contribution in [0.5, 0.6) is 0 Å². The molecule has 1 aliphatic carbocycles. The standard InChI is InChI=1S/C21H29N3O3/c1-13(2)15-5-7-16(8-6-15)20(14(3)4)22-18(25)11-24-19(26)12-23(21(24)27)17-9-10-17/h5-8,13-14,17,20H,9-12H2,1-4H3,(H,22,25). The summed E-state index contributed by atoms with van der Waals surface area (Å²) in [6.45, 7) is 8.26. The summed E-state index contributed by atoms with van der Waals surface area (Å²) in [5, 5.41) is 3.01. The molecule has 6 heteroatoms. The number of urea groups is 1. The van der Waals surface area contributed by atoms with E-state index in [1.165, 1.54) is 5.56 Å². The van der Waals surface area contributed by atoms with Crippen LogP contribution >= 0.6 is 0 Å². The second-order valence-corrected chi connectivity index (χ2v) is 8.23. The van der Waals surface area contributed by atoms with Gasteiger partial charge in [0.15, 0.2) is 0 Å². The van der Waals surface area contributed by atoms with Crippen molar-refractivity contribution in [2.45, 2.75) is 58.5 Å². The van der Waals surface area contributed by atoms with Crippen LogP contribution in [-0.2, 0) is 9.59 Å². The van der Waals surface area contributed by atoms with E-state index in [4.69, 9.17) is 0 Å². The molecule has 27 heavy (non-hydrogen) atoms. The number of amides is 4. The topological polar surface area (TPSA) is 69.7 Å². The number of imide groups is 1. The van der Waals surface area contributed by atoms with Crippen molar-refractivity contribution < 1.29 is 14.4 Å². The van der Waals surface area contributed by atoms with E-state index in [2.05, 4.69) is 31.3 Å². The normalized spacial score (nSPS) is 18.6. The Labute approximate surface area is 160 Å². The smallest absolute Gasteiger partial charge is 0.327 e. The molecule has 1 aliphatic heterocycles. The lowest BCUT2D eigenvalue weighted by Crippen LogP contribution is -2.43. The van der Waals surface area contributed by atoms with Crippen molar-refractivity contribution in [1.29, 1.82) is 0 Å². The number of hydrogen-bond donors (Lipinski definition) is 1. The molecule has 6 nitrogen and oxygen atoms in total. The van der Waals surface area contributed by atoms with Gasteiger partial charge in [-0.1, -0.05) is 52.0 Å². The molecule has 1 unspecified atom stereocenters. The average Bonchev–Trinajstić information content (AvgIpc) is 3.42. The summed E-state index contributed by atoms with van der Waals surface area (Å²) in [5.74, 6) is 0.0463. The molecule has 1 heterocycles. The molecule has 0 radical (unpaired) electrons. The minimum absolute atomic E-state index is 0.0983. The summed E-state index contributed by atoms with van der Waals surface area (Å²) in [5.41, 5.74) is 2.28. The van der Waals surface area contributed by atoms with Crippen LogP contribution in [-0.4, -0.2) is 46.8 Å². The maximum Gasteiger partial charge on any atom is 0.327 e. The van der Waals surface area contributed by atoms with Crippen molar-refractivity contribution in [3.8, 4) is 0 Å². The van der Waals surface area contributed by atoms with Crippen LogP contribution in [0.4, 0.5) is 4.79 Å². The highest BCUT2D eigenvalue weighted by Gasteiger charge is 2.44. The van der Waals surface area contributed by atoms with Gasteiger partial charge in [-0.25, -0.2) is 4.79 Å². The third-order valence-corrected chi connectivity index (χ3v) is 5.32. The largest absolute Gasteiger partial charge is 0.347 e. The Kier molecular flexibility index (Phi) is 5.53. The molecule has 1 atom stereocenters. The molecule has 146 valence electrons. The van der Waals surface area contributed by atoms with Crippen LogP contribution in [0.25, 0.3) is 0 Å². The third kappa shape index (κ3) is 4.31. The van der Waals surface area contributed by atoms with E-state index in [0.717, 1.165) is 23.3 Å². The van der Waals surface area contributed by atoms with Crippen LogP contribution in [0.3, 0.4) is 0 Å². The second-order valence-electron chi connectivity index (χ2n) is 8.23. The molecule has 0 aromatic heterocycles. The summed E-state index contributed by atoms with van der Waals surface area (Å²) in [6.07, 6.45) is 1.89. The number of nitrogens with zero attached hydrogens (tertiary/aromatic N) is 2. The summed E-state index contributed by atoms with van der Waals surface area (Å²) >= 11 is 0. The minimum atomic E-state index is -0.333. The molecule has 0 spiro atoms. The van der Waals surface area contributed by atoms with Gasteiger partial charge in [-0.2, -0.15) is 0 Å². The van der Waals surface area contributed by atoms with Gasteiger partial charge in [0.2, 0.25) is 5.91 Å². The Balaban J connectivity index is 1.65. The quantitative estimate of drug-likeness (QED) is 0.749. The van der Waals surface area contributed by atoms with Gasteiger partial charge in [-0.3, -0.25) is 14.5 Å². The third-order valence-electron chi connectivity index (χ3n) is 5.32. The summed E-state index contributed by atoms with van der Waals surface area (Å²) in [6, 6.07) is 7.94. The molecule has 3 rings (SSSR count). The molecular formula is C21H29N3O3. The Hall–Kier alpha value is -2.37. The van der Waals surface area contributed by atoms with Crippen molar-refractivity contribution in [1.82, 2.24) is 15.1 Å². The molecule has 1 saturated heterocycles. The number of rotatable bonds is 7. The molecule has 1 aromatic carbocycles. The lowest BCUT2D eigenvalue weighted by atomic mass is 9.93. The first kappa shape index (κ1) is 19.4. The SMILES string of the molecule is CC(C)c1ccc(C(NC(=O)CN2C(=O)CN(C3CC3)C2=O)C(C)C)cc1. The fourth-order valence-electron chi connectivity index (χ4n) is 3.47. The number of nitrogens with one attached hydrogen (secondary N) is 1. The first-order valence-electron chi connectivity index (χ1n) is 9.78. The average molecular weight is 371 g/mol. The predicted molar refractivity (Wildman–Crippen MR) is 103 cm³/mol. The van der Waals surface area contributed by atoms with Crippen molar-refractivity contribution >= 4 is 17.8 Å². The van der Waals surface area contributed by atoms with Crippen LogP contribution in [0.15, 0.2) is 24.3 Å². The summed E-state index contributed by atoms with van der Waals surface area (Å²) < 4.78 is 0. The molecule has 1 N–H and O–H groups in total. The predicted octanol–water partition coefficient (Wildman–Crippen LogP) is 3.05. The van der Waals surface area contributed by atoms with E-state index < -0.39 is 0 Å². The van der Waals surface area contributed by atoms with Crippen molar-refractivity contribution in [2.75, 3.05) is 13.1 Å². The fourth-order valence-corrected chi connectivity index (χ4v) is 3.47. The number of carbonyl (C=O) groups excluding carboxylic acids is 3. The van der Waals surface area contributed by atoms with Gasteiger partial charge in [0, 0.05) is 6.04 Å². The van der Waals surface area contributed by atoms with Gasteiger partial charge in [-0.15, -0.1) is 0 Å². The molecule has 4 amide bonds. The van der Waals surface area contributed by atoms with Crippen LogP contribution in [0.1, 0.15) is 63.6 Å². The van der Waals surface area contributed by atoms with Gasteiger partial charge in [-0.05, 0) is 35.8 Å². The van der Waals surface area contributed by atoms with E-state index in [0.29, 0.717) is 5.92 Å². The van der Waals surface area contributed by atoms with Gasteiger partial charge >= 0.3 is 6.03 Å². The number of carbonyl (C=O) groups is 3.